The molecule has 9 heteroatoms. The number of nitrogens with zero attached hydrogens (tertiary/aromatic N) is 4. The molecule has 1 amide bonds. The fourth-order valence-corrected chi connectivity index (χ4v) is 3.54. The van der Waals surface area contributed by atoms with Gasteiger partial charge in [0, 0.05) is 18.8 Å². The van der Waals surface area contributed by atoms with Gasteiger partial charge in [0.25, 0.3) is 5.91 Å². The molecular weight excluding hydrogens is 336 g/mol. The molecule has 2 N–H and O–H groups in total. The van der Waals surface area contributed by atoms with Crippen molar-refractivity contribution in [2.75, 3.05) is 7.11 Å². The Bertz CT molecular complexity index is 749. The number of hydrogen-bond donors (Lipinski definition) is 2. The summed E-state index contributed by atoms with van der Waals surface area (Å²) in [5, 5.41) is 16.6. The van der Waals surface area contributed by atoms with Gasteiger partial charge < -0.3 is 14.6 Å². The van der Waals surface area contributed by atoms with Crippen LogP contribution in [0.2, 0.25) is 0 Å². The molecule has 9 nitrogen and oxygen atoms in total. The van der Waals surface area contributed by atoms with Crippen molar-refractivity contribution in [3.8, 4) is 11.4 Å². The number of carbonyl (C=O) groups is 2. The van der Waals surface area contributed by atoms with Crippen molar-refractivity contribution in [3.05, 3.63) is 18.0 Å². The molecule has 0 saturated heterocycles. The normalized spacial score (nSPS) is 16.2. The maximum atomic E-state index is 12.7. The van der Waals surface area contributed by atoms with Gasteiger partial charge in [-0.3, -0.25) is 4.79 Å². The van der Waals surface area contributed by atoms with E-state index >= 15 is 0 Å². The summed E-state index contributed by atoms with van der Waals surface area (Å²) >= 11 is 0. The Kier molecular flexibility index (Phi) is 5.65. The largest absolute Gasteiger partial charge is 0.467 e. The Morgan fingerprint density at radius 2 is 2.15 bits per heavy atom. The lowest BCUT2D eigenvalue weighted by atomic mass is 9.85. The number of rotatable bonds is 6. The number of nitrogens with one attached hydrogen (secondary N) is 2. The van der Waals surface area contributed by atoms with Crippen LogP contribution in [0.15, 0.2) is 12.3 Å². The first-order valence-corrected chi connectivity index (χ1v) is 8.87. The smallest absolute Gasteiger partial charge is 0.328 e. The molecule has 1 unspecified atom stereocenters. The minimum absolute atomic E-state index is 0.326. The van der Waals surface area contributed by atoms with Gasteiger partial charge in [-0.05, 0) is 23.6 Å². The second-order valence-electron chi connectivity index (χ2n) is 6.75. The number of H-pyrrole nitrogens is 1. The fraction of sp³-hybridized carbons (Fsp3) is 0.588. The summed E-state index contributed by atoms with van der Waals surface area (Å²) in [5.74, 6) is 0.118. The molecule has 0 aliphatic heterocycles. The first-order chi connectivity index (χ1) is 12.6. The van der Waals surface area contributed by atoms with E-state index in [2.05, 4.69) is 25.9 Å². The molecule has 0 radical (unpaired) electrons. The summed E-state index contributed by atoms with van der Waals surface area (Å²) in [6.45, 7) is 0. The van der Waals surface area contributed by atoms with E-state index in [9.17, 15) is 9.59 Å². The molecule has 2 aromatic rings. The standard InChI is InChI=1S/C17H24N6O3/c1-23-10-12(15-19-21-22-20-15)9-14(23)16(24)18-13(17(25)26-2)8-11-6-4-3-5-7-11/h9-11,13H,3-8H2,1-2H3,(H,18,24)(H,19,20,21,22). The van der Waals surface area contributed by atoms with Crippen LogP contribution >= 0.6 is 0 Å². The highest BCUT2D eigenvalue weighted by Gasteiger charge is 2.28. The Balaban J connectivity index is 1.71. The molecular formula is C17H24N6O3. The van der Waals surface area contributed by atoms with Crippen LogP contribution in [-0.4, -0.2) is 50.2 Å². The Hall–Kier alpha value is -2.71. The highest BCUT2D eigenvalue weighted by atomic mass is 16.5. The van der Waals surface area contributed by atoms with Crippen molar-refractivity contribution in [2.24, 2.45) is 13.0 Å². The van der Waals surface area contributed by atoms with Crippen LogP contribution in [0.5, 0.6) is 0 Å². The molecule has 0 bridgehead atoms. The summed E-state index contributed by atoms with van der Waals surface area (Å²) in [5.41, 5.74) is 1.09. The van der Waals surface area contributed by atoms with Crippen LogP contribution in [0.25, 0.3) is 11.4 Å². The molecule has 2 heterocycles. The van der Waals surface area contributed by atoms with Crippen molar-refractivity contribution < 1.29 is 14.3 Å². The third kappa shape index (κ3) is 4.09. The third-order valence-corrected chi connectivity index (χ3v) is 4.93. The van der Waals surface area contributed by atoms with Crippen molar-refractivity contribution >= 4 is 11.9 Å². The molecule has 140 valence electrons. The van der Waals surface area contributed by atoms with Gasteiger partial charge in [0.05, 0.1) is 7.11 Å². The molecule has 0 spiro atoms. The molecule has 26 heavy (non-hydrogen) atoms. The van der Waals surface area contributed by atoms with Crippen LogP contribution in [-0.2, 0) is 16.6 Å². The molecule has 2 aromatic heterocycles. The highest BCUT2D eigenvalue weighted by Crippen LogP contribution is 2.27. The maximum Gasteiger partial charge on any atom is 0.328 e. The lowest BCUT2D eigenvalue weighted by Gasteiger charge is -2.25. The van der Waals surface area contributed by atoms with E-state index in [1.54, 1.807) is 23.9 Å². The molecule has 0 aromatic carbocycles. The maximum absolute atomic E-state index is 12.7. The van der Waals surface area contributed by atoms with Gasteiger partial charge in [0.15, 0.2) is 0 Å². The second-order valence-corrected chi connectivity index (χ2v) is 6.75. The second kappa shape index (κ2) is 8.11. The SMILES string of the molecule is COC(=O)C(CC1CCCCC1)NC(=O)c1cc(-c2nn[nH]n2)cn1C. The Morgan fingerprint density at radius 3 is 2.81 bits per heavy atom. The summed E-state index contributed by atoms with van der Waals surface area (Å²) in [6, 6.07) is 1.04. The number of amides is 1. The number of carbonyl (C=O) groups excluding carboxylic acids is 2. The Morgan fingerprint density at radius 1 is 1.38 bits per heavy atom. The average molecular weight is 360 g/mol. The van der Waals surface area contributed by atoms with Crippen LogP contribution in [0.4, 0.5) is 0 Å². The molecule has 1 fully saturated rings. The quantitative estimate of drug-likeness (QED) is 0.754. The lowest BCUT2D eigenvalue weighted by molar-refractivity contribution is -0.143. The minimum Gasteiger partial charge on any atom is -0.467 e. The van der Waals surface area contributed by atoms with Gasteiger partial charge in [-0.15, -0.1) is 10.2 Å². The summed E-state index contributed by atoms with van der Waals surface area (Å²) < 4.78 is 6.57. The predicted molar refractivity (Wildman–Crippen MR) is 93.0 cm³/mol. The van der Waals surface area contributed by atoms with Gasteiger partial charge in [-0.2, -0.15) is 5.21 Å². The molecule has 1 aliphatic carbocycles. The fourth-order valence-electron chi connectivity index (χ4n) is 3.54. The van der Waals surface area contributed by atoms with Crippen molar-refractivity contribution in [3.63, 3.8) is 0 Å². The van der Waals surface area contributed by atoms with E-state index in [0.29, 0.717) is 29.4 Å². The van der Waals surface area contributed by atoms with Crippen molar-refractivity contribution in [1.29, 1.82) is 0 Å². The number of hydrogen-bond acceptors (Lipinski definition) is 6. The van der Waals surface area contributed by atoms with Crippen LogP contribution in [0.3, 0.4) is 0 Å². The summed E-state index contributed by atoms with van der Waals surface area (Å²) in [4.78, 5) is 24.9. The topological polar surface area (TPSA) is 115 Å². The third-order valence-electron chi connectivity index (χ3n) is 4.93. The van der Waals surface area contributed by atoms with E-state index in [1.807, 2.05) is 0 Å². The van der Waals surface area contributed by atoms with Crippen molar-refractivity contribution in [1.82, 2.24) is 30.5 Å². The number of methoxy groups -OCH3 is 1. The van der Waals surface area contributed by atoms with E-state index in [1.165, 1.54) is 26.4 Å². The number of esters is 1. The minimum atomic E-state index is -0.640. The number of tetrazole rings is 1. The van der Waals surface area contributed by atoms with Crippen LogP contribution in [0, 0.1) is 5.92 Å². The zero-order valence-electron chi connectivity index (χ0n) is 15.1. The van der Waals surface area contributed by atoms with Gasteiger partial charge in [0.2, 0.25) is 5.82 Å². The van der Waals surface area contributed by atoms with E-state index in [4.69, 9.17) is 4.74 Å². The Labute approximate surface area is 151 Å². The van der Waals surface area contributed by atoms with Crippen LogP contribution < -0.4 is 5.32 Å². The van der Waals surface area contributed by atoms with E-state index < -0.39 is 12.0 Å². The number of aromatic nitrogens is 5. The van der Waals surface area contributed by atoms with Gasteiger partial charge >= 0.3 is 5.97 Å². The first kappa shape index (κ1) is 18.1. The molecule has 3 rings (SSSR count). The number of ether oxygens (including phenoxy) is 1. The predicted octanol–water partition coefficient (Wildman–Crippen LogP) is 1.45. The number of aromatic amines is 1. The summed E-state index contributed by atoms with van der Waals surface area (Å²) in [6.07, 6.45) is 8.14. The number of aryl methyl sites for hydroxylation is 1. The molecule has 1 saturated carbocycles. The van der Waals surface area contributed by atoms with Gasteiger partial charge in [-0.1, -0.05) is 32.1 Å². The summed E-state index contributed by atoms with van der Waals surface area (Å²) in [7, 11) is 3.10. The molecule has 1 aliphatic rings. The molecule has 1 atom stereocenters. The first-order valence-electron chi connectivity index (χ1n) is 8.87. The highest BCUT2D eigenvalue weighted by molar-refractivity contribution is 5.96. The van der Waals surface area contributed by atoms with E-state index in [-0.39, 0.29) is 5.91 Å². The zero-order valence-corrected chi connectivity index (χ0v) is 15.1. The van der Waals surface area contributed by atoms with Crippen LogP contribution in [0.1, 0.15) is 49.0 Å². The monoisotopic (exact) mass is 360 g/mol. The average Bonchev–Trinajstić information content (AvgIpc) is 3.30. The van der Waals surface area contributed by atoms with Gasteiger partial charge in [0.1, 0.15) is 11.7 Å². The van der Waals surface area contributed by atoms with Gasteiger partial charge in [-0.25, -0.2) is 4.79 Å². The van der Waals surface area contributed by atoms with Crippen molar-refractivity contribution in [2.45, 2.75) is 44.6 Å². The lowest BCUT2D eigenvalue weighted by Crippen LogP contribution is -2.43. The van der Waals surface area contributed by atoms with E-state index in [0.717, 1.165) is 12.8 Å². The zero-order chi connectivity index (χ0) is 18.5.